The summed E-state index contributed by atoms with van der Waals surface area (Å²) in [6, 6.07) is 7.17. The number of carbonyl (C=O) groups is 1. The molecular weight excluding hydrogens is 435 g/mol. The minimum atomic E-state index is -3.07. The van der Waals surface area contributed by atoms with E-state index >= 15 is 0 Å². The molecule has 2 aromatic heterocycles. The van der Waals surface area contributed by atoms with Gasteiger partial charge in [-0.3, -0.25) is 4.79 Å². The summed E-state index contributed by atoms with van der Waals surface area (Å²) in [7, 11) is 0. The Balaban J connectivity index is 1.65. The van der Waals surface area contributed by atoms with Crippen LogP contribution in [0.15, 0.2) is 48.8 Å². The average Bonchev–Trinajstić information content (AvgIpc) is 2.79. The zero-order valence-electron chi connectivity index (χ0n) is 17.4. The van der Waals surface area contributed by atoms with E-state index in [9.17, 15) is 18.0 Å². The van der Waals surface area contributed by atoms with Crippen molar-refractivity contribution in [3.63, 3.8) is 0 Å². The van der Waals surface area contributed by atoms with Crippen molar-refractivity contribution in [1.82, 2.24) is 15.0 Å². The highest BCUT2D eigenvalue weighted by molar-refractivity contribution is 5.98. The Bertz CT molecular complexity index is 1160. The molecule has 2 heterocycles. The molecule has 1 amide bonds. The smallest absolute Gasteiger partial charge is 0.264 e. The summed E-state index contributed by atoms with van der Waals surface area (Å²) < 4.78 is 42.7. The van der Waals surface area contributed by atoms with Crippen LogP contribution >= 0.6 is 0 Å². The second-order valence-electron chi connectivity index (χ2n) is 7.79. The Hall–Kier alpha value is -3.73. The predicted molar refractivity (Wildman–Crippen MR) is 118 cm³/mol. The van der Waals surface area contributed by atoms with Gasteiger partial charge in [-0.05, 0) is 37.1 Å². The van der Waals surface area contributed by atoms with Crippen molar-refractivity contribution >= 4 is 23.2 Å². The molecule has 11 heteroatoms. The Kier molecular flexibility index (Phi) is 6.14. The Morgan fingerprint density at radius 2 is 1.88 bits per heavy atom. The fourth-order valence-electron chi connectivity index (χ4n) is 3.73. The molecule has 8 nitrogen and oxygen atoms in total. The van der Waals surface area contributed by atoms with Gasteiger partial charge in [0.05, 0.1) is 11.6 Å². The van der Waals surface area contributed by atoms with E-state index in [0.717, 1.165) is 6.07 Å². The van der Waals surface area contributed by atoms with E-state index in [0.29, 0.717) is 23.5 Å². The first kappa shape index (κ1) is 22.5. The highest BCUT2D eigenvalue weighted by atomic mass is 19.3. The molecule has 33 heavy (non-hydrogen) atoms. The molecule has 0 saturated heterocycles. The van der Waals surface area contributed by atoms with E-state index in [1.165, 1.54) is 0 Å². The van der Waals surface area contributed by atoms with E-state index in [1.807, 2.05) is 0 Å². The number of nitrogens with one attached hydrogen (secondary N) is 2. The summed E-state index contributed by atoms with van der Waals surface area (Å²) in [6.07, 6.45) is 3.45. The lowest BCUT2D eigenvalue weighted by molar-refractivity contribution is -0.0555. The van der Waals surface area contributed by atoms with E-state index in [4.69, 9.17) is 11.5 Å². The van der Waals surface area contributed by atoms with Crippen molar-refractivity contribution in [3.8, 4) is 11.4 Å². The van der Waals surface area contributed by atoms with Crippen LogP contribution in [-0.2, 0) is 0 Å². The van der Waals surface area contributed by atoms with Crippen LogP contribution in [0.5, 0.6) is 0 Å². The van der Waals surface area contributed by atoms with Crippen molar-refractivity contribution in [3.05, 3.63) is 60.2 Å². The molecule has 1 aliphatic rings. The fourth-order valence-corrected chi connectivity index (χ4v) is 3.73. The van der Waals surface area contributed by atoms with Gasteiger partial charge >= 0.3 is 0 Å². The third kappa shape index (κ3) is 4.87. The molecule has 1 aliphatic carbocycles. The topological polar surface area (TPSA) is 132 Å². The zero-order chi connectivity index (χ0) is 23.6. The largest absolute Gasteiger partial charge is 0.365 e. The van der Waals surface area contributed by atoms with Crippen LogP contribution in [0, 0.1) is 5.82 Å². The maximum Gasteiger partial charge on any atom is 0.264 e. The highest BCUT2D eigenvalue weighted by Gasteiger charge is 2.45. The summed E-state index contributed by atoms with van der Waals surface area (Å²) in [6.45, 7) is 0. The van der Waals surface area contributed by atoms with Crippen molar-refractivity contribution in [2.45, 2.75) is 37.3 Å². The van der Waals surface area contributed by atoms with Gasteiger partial charge in [0.15, 0.2) is 17.5 Å². The molecular formula is C22H22F3N7O. The number of hydrogen-bond donors (Lipinski definition) is 4. The highest BCUT2D eigenvalue weighted by Crippen LogP contribution is 2.34. The van der Waals surface area contributed by atoms with Crippen LogP contribution in [0.1, 0.15) is 29.6 Å². The second kappa shape index (κ2) is 9.02. The number of rotatable bonds is 6. The molecule has 0 aliphatic heterocycles. The molecule has 1 aromatic carbocycles. The molecule has 0 radical (unpaired) electrons. The zero-order valence-corrected chi connectivity index (χ0v) is 17.4. The number of amides is 1. The number of nitrogens with zero attached hydrogens (tertiary/aromatic N) is 3. The molecule has 1 saturated carbocycles. The van der Waals surface area contributed by atoms with Crippen molar-refractivity contribution in [2.24, 2.45) is 11.5 Å². The van der Waals surface area contributed by atoms with Gasteiger partial charge in [0.1, 0.15) is 5.82 Å². The fraction of sp³-hybridized carbons (Fsp3) is 0.273. The van der Waals surface area contributed by atoms with Crippen molar-refractivity contribution in [1.29, 1.82) is 0 Å². The van der Waals surface area contributed by atoms with Gasteiger partial charge in [0.2, 0.25) is 0 Å². The van der Waals surface area contributed by atoms with Crippen LogP contribution in [0.4, 0.5) is 30.5 Å². The number of hydrogen-bond acceptors (Lipinski definition) is 7. The van der Waals surface area contributed by atoms with Crippen LogP contribution < -0.4 is 22.1 Å². The van der Waals surface area contributed by atoms with Crippen LogP contribution in [0.3, 0.4) is 0 Å². The lowest BCUT2D eigenvalue weighted by Gasteiger charge is -2.36. The maximum atomic E-state index is 14.7. The molecule has 6 N–H and O–H groups in total. The van der Waals surface area contributed by atoms with Crippen LogP contribution in [0.25, 0.3) is 11.4 Å². The molecule has 4 rings (SSSR count). The number of carbonyl (C=O) groups excluding carboxylic acids is 1. The van der Waals surface area contributed by atoms with Crippen LogP contribution in [0.2, 0.25) is 0 Å². The molecule has 0 spiro atoms. The SMILES string of the molecule is NC(=O)c1cc(F)c(NC2CCCC(F)(F)[C@@H]2N)nc1Nc1cccc(-c2ncccn2)c1. The first-order chi connectivity index (χ1) is 15.7. The Labute approximate surface area is 187 Å². The second-order valence-corrected chi connectivity index (χ2v) is 7.79. The molecule has 1 fully saturated rings. The van der Waals surface area contributed by atoms with Crippen molar-refractivity contribution < 1.29 is 18.0 Å². The third-order valence-electron chi connectivity index (χ3n) is 5.46. The number of benzene rings is 1. The predicted octanol–water partition coefficient (Wildman–Crippen LogP) is 3.45. The summed E-state index contributed by atoms with van der Waals surface area (Å²) in [4.78, 5) is 24.4. The minimum absolute atomic E-state index is 0.0336. The van der Waals surface area contributed by atoms with E-state index in [1.54, 1.807) is 42.7 Å². The number of nitrogens with two attached hydrogens (primary N) is 2. The summed E-state index contributed by atoms with van der Waals surface area (Å²) in [5.74, 6) is -4.73. The quantitative estimate of drug-likeness (QED) is 0.446. The molecule has 172 valence electrons. The number of halogens is 3. The van der Waals surface area contributed by atoms with Gasteiger partial charge < -0.3 is 22.1 Å². The van der Waals surface area contributed by atoms with Gasteiger partial charge in [-0.15, -0.1) is 0 Å². The number of aromatic nitrogens is 3. The molecule has 2 atom stereocenters. The summed E-state index contributed by atoms with van der Waals surface area (Å²) in [5, 5.41) is 5.62. The minimum Gasteiger partial charge on any atom is -0.365 e. The third-order valence-corrected chi connectivity index (χ3v) is 5.46. The summed E-state index contributed by atoms with van der Waals surface area (Å²) >= 11 is 0. The normalized spacial score (nSPS) is 19.6. The lowest BCUT2D eigenvalue weighted by atomic mass is 9.87. The lowest BCUT2D eigenvalue weighted by Crippen LogP contribution is -2.55. The van der Waals surface area contributed by atoms with E-state index < -0.39 is 29.7 Å². The number of primary amides is 1. The first-order valence-electron chi connectivity index (χ1n) is 10.3. The number of alkyl halides is 2. The molecule has 1 unspecified atom stereocenters. The van der Waals surface area contributed by atoms with Gasteiger partial charge in [0.25, 0.3) is 11.8 Å². The average molecular weight is 457 g/mol. The van der Waals surface area contributed by atoms with Gasteiger partial charge in [-0.1, -0.05) is 12.1 Å². The first-order valence-corrected chi connectivity index (χ1v) is 10.3. The van der Waals surface area contributed by atoms with Gasteiger partial charge in [-0.25, -0.2) is 28.1 Å². The van der Waals surface area contributed by atoms with Crippen LogP contribution in [-0.4, -0.2) is 38.9 Å². The summed E-state index contributed by atoms with van der Waals surface area (Å²) in [5.41, 5.74) is 12.1. The van der Waals surface area contributed by atoms with E-state index in [-0.39, 0.29) is 30.0 Å². The van der Waals surface area contributed by atoms with Crippen molar-refractivity contribution in [2.75, 3.05) is 10.6 Å². The molecule has 3 aromatic rings. The van der Waals surface area contributed by atoms with Gasteiger partial charge in [-0.2, -0.15) is 0 Å². The molecule has 0 bridgehead atoms. The maximum absolute atomic E-state index is 14.7. The Morgan fingerprint density at radius 1 is 1.12 bits per heavy atom. The standard InChI is InChI=1S/C22H22F3N7O/c23-15-11-14(18(27)33)20(32-21(15)31-16-6-2-7-22(24,25)17(16)26)30-13-5-1-4-12(10-13)19-28-8-3-9-29-19/h1,3-5,8-11,16-17H,2,6-7,26H2,(H2,27,33)(H2,30,31,32)/t16?,17-/m1/s1. The number of anilines is 3. The van der Waals surface area contributed by atoms with E-state index in [2.05, 4.69) is 25.6 Å². The van der Waals surface area contributed by atoms with Gasteiger partial charge in [0, 0.05) is 36.1 Å². The Morgan fingerprint density at radius 3 is 2.61 bits per heavy atom. The monoisotopic (exact) mass is 457 g/mol. The number of pyridine rings is 1.